The van der Waals surface area contributed by atoms with Crippen LogP contribution in [0.15, 0.2) is 17.1 Å². The van der Waals surface area contributed by atoms with Crippen molar-refractivity contribution in [3.63, 3.8) is 0 Å². The number of ether oxygens (including phenoxy) is 1. The molecule has 2 heterocycles. The molecule has 7 N–H and O–H groups in total. The van der Waals surface area contributed by atoms with Crippen molar-refractivity contribution in [1.82, 2.24) is 9.55 Å². The first kappa shape index (κ1) is 24.6. The Hall–Kier alpha value is -0.660. The Bertz CT molecular complexity index is 951. The Labute approximate surface area is 167 Å². The Morgan fingerprint density at radius 1 is 1.34 bits per heavy atom. The molecule has 19 heteroatoms. The third-order valence-electron chi connectivity index (χ3n) is 3.53. The number of rotatable bonds is 8. The second kappa shape index (κ2) is 8.83. The number of nitrogens with two attached hydrogens (primary N) is 1. The fourth-order valence-electron chi connectivity index (χ4n) is 2.25. The quantitative estimate of drug-likeness (QED) is 0.195. The monoisotopic (exact) mass is 499 g/mol. The van der Waals surface area contributed by atoms with Gasteiger partial charge in [0.25, 0.3) is 0 Å². The summed E-state index contributed by atoms with van der Waals surface area (Å²) in [5.74, 6) is -0.0376. The van der Waals surface area contributed by atoms with Crippen molar-refractivity contribution in [2.75, 3.05) is 12.3 Å². The molecule has 1 fully saturated rings. The van der Waals surface area contributed by atoms with E-state index in [2.05, 4.69) is 13.8 Å². The van der Waals surface area contributed by atoms with E-state index in [1.165, 1.54) is 12.3 Å². The van der Waals surface area contributed by atoms with Crippen LogP contribution in [0.2, 0.25) is 0 Å². The number of phosphoric acid groups is 1. The van der Waals surface area contributed by atoms with Crippen LogP contribution in [0.4, 0.5) is 5.82 Å². The first-order valence-corrected chi connectivity index (χ1v) is 12.8. The number of aromatic nitrogens is 2. The fourth-order valence-corrected chi connectivity index (χ4v) is 6.49. The summed E-state index contributed by atoms with van der Waals surface area (Å²) in [5.41, 5.74) is 4.59. The van der Waals surface area contributed by atoms with Crippen molar-refractivity contribution in [2.24, 2.45) is 0 Å². The number of alkyl halides is 1. The first-order valence-electron chi connectivity index (χ1n) is 7.51. The van der Waals surface area contributed by atoms with Crippen molar-refractivity contribution in [2.45, 2.75) is 29.7 Å². The van der Waals surface area contributed by atoms with Gasteiger partial charge in [-0.05, 0) is 6.07 Å². The summed E-state index contributed by atoms with van der Waals surface area (Å²) < 4.78 is 49.2. The highest BCUT2D eigenvalue weighted by Crippen LogP contribution is 2.71. The second-order valence-electron chi connectivity index (χ2n) is 5.78. The lowest BCUT2D eigenvalue weighted by Crippen LogP contribution is -2.28. The molecular formula is C10H17ClN3O12P3. The molecular weight excluding hydrogens is 482 g/mol. The van der Waals surface area contributed by atoms with E-state index < -0.39 is 58.6 Å². The van der Waals surface area contributed by atoms with Crippen LogP contribution in [0.5, 0.6) is 0 Å². The molecule has 1 aromatic heterocycles. The molecule has 0 aliphatic carbocycles. The van der Waals surface area contributed by atoms with Crippen LogP contribution < -0.4 is 11.4 Å². The largest absolute Gasteiger partial charge is 0.479 e. The molecule has 0 saturated carbocycles. The van der Waals surface area contributed by atoms with Crippen LogP contribution in [0.1, 0.15) is 12.6 Å². The van der Waals surface area contributed by atoms with Gasteiger partial charge >= 0.3 is 28.7 Å². The van der Waals surface area contributed by atoms with E-state index in [9.17, 15) is 33.4 Å². The summed E-state index contributed by atoms with van der Waals surface area (Å²) >= 11 is 5.12. The van der Waals surface area contributed by atoms with Crippen LogP contribution in [0.25, 0.3) is 0 Å². The lowest BCUT2D eigenvalue weighted by atomic mass is 10.2. The number of anilines is 1. The number of halogens is 1. The summed E-state index contributed by atoms with van der Waals surface area (Å²) in [6, 6.07) is 1.30. The van der Waals surface area contributed by atoms with E-state index >= 15 is 0 Å². The van der Waals surface area contributed by atoms with Gasteiger partial charge in [-0.1, -0.05) is 11.6 Å². The molecule has 0 spiro atoms. The average Bonchev–Trinajstić information content (AvgIpc) is 2.91. The van der Waals surface area contributed by atoms with Crippen molar-refractivity contribution in [1.29, 1.82) is 0 Å². The van der Waals surface area contributed by atoms with Crippen molar-refractivity contribution < 1.29 is 51.9 Å². The van der Waals surface area contributed by atoms with Crippen LogP contribution >= 0.6 is 34.6 Å². The second-order valence-corrected chi connectivity index (χ2v) is 12.4. The molecule has 166 valence electrons. The predicted octanol–water partition coefficient (Wildman–Crippen LogP) is -0.507. The molecule has 0 radical (unpaired) electrons. The van der Waals surface area contributed by atoms with Gasteiger partial charge in [0.15, 0.2) is 0 Å². The summed E-state index contributed by atoms with van der Waals surface area (Å²) in [6.45, 7) is -0.842. The number of hydrogen-bond donors (Lipinski definition) is 6. The Morgan fingerprint density at radius 2 is 1.97 bits per heavy atom. The van der Waals surface area contributed by atoms with Gasteiger partial charge < -0.3 is 35.2 Å². The van der Waals surface area contributed by atoms with Crippen LogP contribution in [-0.4, -0.2) is 57.9 Å². The third-order valence-corrected chi connectivity index (χ3v) is 10.1. The van der Waals surface area contributed by atoms with Gasteiger partial charge in [0, 0.05) is 12.6 Å². The standard InChI is InChI=1S/C10H17ClN3O12P3/c11-9(27(17,18)19)28(20,21)26-29(22,23)24-4-6-5(15)3-8(25-6)14-2-1-7(12)13-10(14)16/h1-2,5-6,8-9,15H,3-4H2,(H,20,21)(H,22,23)(H2,12,13,16)(H2,17,18,19)/t5-,6+,8+,9-/m0/s1. The molecule has 6 atom stereocenters. The molecule has 1 aromatic rings. The van der Waals surface area contributed by atoms with Gasteiger partial charge in [-0.3, -0.25) is 18.2 Å². The van der Waals surface area contributed by atoms with Crippen LogP contribution in [0.3, 0.4) is 0 Å². The minimum atomic E-state index is -5.48. The maximum Gasteiger partial charge on any atom is 0.479 e. The highest BCUT2D eigenvalue weighted by Gasteiger charge is 2.49. The highest BCUT2D eigenvalue weighted by atomic mass is 35.5. The van der Waals surface area contributed by atoms with Gasteiger partial charge in [0.2, 0.25) is 4.86 Å². The minimum absolute atomic E-state index is 0.0376. The Morgan fingerprint density at radius 3 is 2.52 bits per heavy atom. The summed E-state index contributed by atoms with van der Waals surface area (Å²) in [5, 5.41) is 9.98. The molecule has 0 aromatic carbocycles. The fraction of sp³-hybridized carbons (Fsp3) is 0.600. The van der Waals surface area contributed by atoms with Crippen molar-refractivity contribution in [3.8, 4) is 0 Å². The van der Waals surface area contributed by atoms with Gasteiger partial charge in [0.1, 0.15) is 18.1 Å². The van der Waals surface area contributed by atoms with E-state index in [4.69, 9.17) is 31.9 Å². The van der Waals surface area contributed by atoms with Crippen molar-refractivity contribution >= 4 is 40.4 Å². The summed E-state index contributed by atoms with van der Waals surface area (Å²) in [7, 11) is -16.2. The van der Waals surface area contributed by atoms with Gasteiger partial charge in [-0.15, -0.1) is 0 Å². The number of aliphatic hydroxyl groups excluding tert-OH is 1. The van der Waals surface area contributed by atoms with Gasteiger partial charge in [-0.2, -0.15) is 4.98 Å². The zero-order valence-electron chi connectivity index (χ0n) is 14.2. The number of nitrogens with zero attached hydrogens (tertiary/aromatic N) is 2. The number of hydrogen-bond acceptors (Lipinski definition) is 10. The first-order chi connectivity index (χ1) is 13.1. The predicted molar refractivity (Wildman–Crippen MR) is 95.8 cm³/mol. The molecule has 2 unspecified atom stereocenters. The Balaban J connectivity index is 2.01. The molecule has 1 aliphatic rings. The van der Waals surface area contributed by atoms with E-state index in [0.29, 0.717) is 0 Å². The smallest absolute Gasteiger partial charge is 0.390 e. The van der Waals surface area contributed by atoms with Gasteiger partial charge in [0.05, 0.1) is 12.7 Å². The zero-order chi connectivity index (χ0) is 22.2. The molecule has 15 nitrogen and oxygen atoms in total. The molecule has 1 saturated heterocycles. The van der Waals surface area contributed by atoms with E-state index in [1.54, 1.807) is 0 Å². The van der Waals surface area contributed by atoms with E-state index in [-0.39, 0.29) is 12.2 Å². The molecule has 1 aliphatic heterocycles. The third kappa shape index (κ3) is 6.41. The molecule has 0 bridgehead atoms. The zero-order valence-corrected chi connectivity index (χ0v) is 17.6. The lowest BCUT2D eigenvalue weighted by molar-refractivity contribution is -0.0447. The normalized spacial score (nSPS) is 27.9. The number of nitrogen functional groups attached to an aromatic ring is 1. The lowest BCUT2D eigenvalue weighted by Gasteiger charge is -2.22. The highest BCUT2D eigenvalue weighted by molar-refractivity contribution is 7.77. The molecule has 0 amide bonds. The van der Waals surface area contributed by atoms with Gasteiger partial charge in [-0.25, -0.2) is 13.7 Å². The van der Waals surface area contributed by atoms with E-state index in [0.717, 1.165) is 4.57 Å². The van der Waals surface area contributed by atoms with Crippen molar-refractivity contribution in [3.05, 3.63) is 22.7 Å². The maximum absolute atomic E-state index is 11.8. The molecule has 29 heavy (non-hydrogen) atoms. The van der Waals surface area contributed by atoms with E-state index in [1.807, 2.05) is 0 Å². The minimum Gasteiger partial charge on any atom is -0.390 e. The number of aliphatic hydroxyl groups is 1. The topological polar surface area (TPSA) is 241 Å². The maximum atomic E-state index is 11.8. The molecule has 2 rings (SSSR count). The summed E-state index contributed by atoms with van der Waals surface area (Å²) in [6.07, 6.45) is -2.42. The average molecular weight is 500 g/mol. The van der Waals surface area contributed by atoms with Crippen LogP contribution in [0, 0.1) is 0 Å². The van der Waals surface area contributed by atoms with Crippen LogP contribution in [-0.2, 0) is 27.3 Å². The Kier molecular flexibility index (Phi) is 7.50. The SMILES string of the molecule is Nc1ccn([C@H]2C[C@H](O)[C@@H](COP(=O)(O)OP(=O)(O)[C@@H](Cl)P(=O)(O)O)O2)c(=O)n1. The summed E-state index contributed by atoms with van der Waals surface area (Å²) in [4.78, 5) is 49.0. The number of phosphoric ester groups is 1.